The van der Waals surface area contributed by atoms with Crippen LogP contribution in [0.25, 0.3) is 11.1 Å². The van der Waals surface area contributed by atoms with Crippen molar-refractivity contribution in [3.63, 3.8) is 0 Å². The van der Waals surface area contributed by atoms with Gasteiger partial charge in [0, 0.05) is 17.3 Å². The molecule has 0 aliphatic carbocycles. The summed E-state index contributed by atoms with van der Waals surface area (Å²) >= 11 is 1.44. The molecule has 0 aliphatic rings. The second kappa shape index (κ2) is 5.58. The molecule has 0 spiro atoms. The Morgan fingerprint density at radius 2 is 1.89 bits per heavy atom. The summed E-state index contributed by atoms with van der Waals surface area (Å²) in [5.74, 6) is 0.639. The molecule has 19 heavy (non-hydrogen) atoms. The quantitative estimate of drug-likeness (QED) is 0.729. The molecule has 4 nitrogen and oxygen atoms in total. The molecule has 0 saturated carbocycles. The van der Waals surface area contributed by atoms with Crippen LogP contribution in [0.2, 0.25) is 0 Å². The molecule has 0 radical (unpaired) electrons. The Balaban J connectivity index is 1.78. The van der Waals surface area contributed by atoms with Gasteiger partial charge in [0.2, 0.25) is 5.88 Å². The van der Waals surface area contributed by atoms with E-state index in [-0.39, 0.29) is 0 Å². The van der Waals surface area contributed by atoms with E-state index in [9.17, 15) is 0 Å². The van der Waals surface area contributed by atoms with E-state index >= 15 is 0 Å². The van der Waals surface area contributed by atoms with Crippen molar-refractivity contribution in [1.29, 1.82) is 0 Å². The highest BCUT2D eigenvalue weighted by molar-refractivity contribution is 8.00. The van der Waals surface area contributed by atoms with Crippen LogP contribution < -0.4 is 4.72 Å². The van der Waals surface area contributed by atoms with Crippen molar-refractivity contribution in [1.82, 2.24) is 10.1 Å². The zero-order valence-corrected chi connectivity index (χ0v) is 10.8. The molecule has 0 saturated heterocycles. The normalized spacial score (nSPS) is 10.3. The fourth-order valence-electron chi connectivity index (χ4n) is 1.65. The zero-order valence-electron chi connectivity index (χ0n) is 9.98. The van der Waals surface area contributed by atoms with Gasteiger partial charge in [-0.25, -0.2) is 0 Å². The number of hydrogen-bond donors (Lipinski definition) is 1. The lowest BCUT2D eigenvalue weighted by Crippen LogP contribution is -1.87. The highest BCUT2D eigenvalue weighted by Crippen LogP contribution is 2.30. The monoisotopic (exact) mass is 269 g/mol. The van der Waals surface area contributed by atoms with Gasteiger partial charge in [-0.2, -0.15) is 0 Å². The van der Waals surface area contributed by atoms with E-state index in [0.717, 1.165) is 16.0 Å². The standard InChI is InChI=1S/C14H11N3OS/c1-2-5-11(6-3-1)13-10-16-18-14(13)17-19-12-7-4-8-15-9-12/h1-10,17H. The number of nitrogens with one attached hydrogen (secondary N) is 1. The van der Waals surface area contributed by atoms with Crippen LogP contribution in [-0.4, -0.2) is 10.1 Å². The largest absolute Gasteiger partial charge is 0.337 e. The van der Waals surface area contributed by atoms with E-state index in [4.69, 9.17) is 4.52 Å². The summed E-state index contributed by atoms with van der Waals surface area (Å²) in [7, 11) is 0. The number of benzene rings is 1. The molecule has 2 heterocycles. The van der Waals surface area contributed by atoms with Crippen molar-refractivity contribution in [3.05, 3.63) is 61.1 Å². The summed E-state index contributed by atoms with van der Waals surface area (Å²) < 4.78 is 8.39. The van der Waals surface area contributed by atoms with E-state index in [1.54, 1.807) is 18.6 Å². The van der Waals surface area contributed by atoms with E-state index in [0.29, 0.717) is 5.88 Å². The van der Waals surface area contributed by atoms with Gasteiger partial charge in [0.1, 0.15) is 0 Å². The lowest BCUT2D eigenvalue weighted by molar-refractivity contribution is 0.437. The summed E-state index contributed by atoms with van der Waals surface area (Å²) in [6, 6.07) is 13.9. The predicted molar refractivity (Wildman–Crippen MR) is 75.7 cm³/mol. The van der Waals surface area contributed by atoms with Crippen molar-refractivity contribution in [2.24, 2.45) is 0 Å². The first-order valence-corrected chi connectivity index (χ1v) is 6.58. The molecule has 94 valence electrons. The van der Waals surface area contributed by atoms with E-state index in [1.165, 1.54) is 11.9 Å². The number of aromatic nitrogens is 2. The summed E-state index contributed by atoms with van der Waals surface area (Å²) in [6.45, 7) is 0. The minimum absolute atomic E-state index is 0.639. The summed E-state index contributed by atoms with van der Waals surface area (Å²) in [6.07, 6.45) is 5.24. The highest BCUT2D eigenvalue weighted by atomic mass is 32.2. The molecule has 0 amide bonds. The van der Waals surface area contributed by atoms with Gasteiger partial charge in [-0.05, 0) is 29.6 Å². The van der Waals surface area contributed by atoms with Crippen LogP contribution in [0.15, 0.2) is 70.5 Å². The van der Waals surface area contributed by atoms with E-state index in [1.807, 2.05) is 42.5 Å². The van der Waals surface area contributed by atoms with Gasteiger partial charge < -0.3 is 4.52 Å². The third kappa shape index (κ3) is 2.77. The second-order valence-electron chi connectivity index (χ2n) is 3.83. The molecule has 0 atom stereocenters. The number of pyridine rings is 1. The second-order valence-corrected chi connectivity index (χ2v) is 4.71. The van der Waals surface area contributed by atoms with Gasteiger partial charge in [-0.15, -0.1) is 0 Å². The van der Waals surface area contributed by atoms with Gasteiger partial charge in [0.15, 0.2) is 0 Å². The topological polar surface area (TPSA) is 51.0 Å². The van der Waals surface area contributed by atoms with Crippen molar-refractivity contribution >= 4 is 17.8 Å². The highest BCUT2D eigenvalue weighted by Gasteiger charge is 2.10. The lowest BCUT2D eigenvalue weighted by Gasteiger charge is -2.03. The molecule has 3 aromatic rings. The van der Waals surface area contributed by atoms with Crippen molar-refractivity contribution < 1.29 is 4.52 Å². The minimum Gasteiger partial charge on any atom is -0.337 e. The van der Waals surface area contributed by atoms with Crippen LogP contribution in [0.1, 0.15) is 0 Å². The number of rotatable bonds is 4. The first-order valence-electron chi connectivity index (χ1n) is 5.76. The number of nitrogens with zero attached hydrogens (tertiary/aromatic N) is 2. The number of anilines is 1. The van der Waals surface area contributed by atoms with Crippen LogP contribution >= 0.6 is 11.9 Å². The van der Waals surface area contributed by atoms with Crippen molar-refractivity contribution in [3.8, 4) is 11.1 Å². The van der Waals surface area contributed by atoms with E-state index in [2.05, 4.69) is 14.9 Å². The predicted octanol–water partition coefficient (Wildman–Crippen LogP) is 3.86. The first kappa shape index (κ1) is 11.8. The zero-order chi connectivity index (χ0) is 12.9. The van der Waals surface area contributed by atoms with Crippen LogP contribution in [0.3, 0.4) is 0 Å². The van der Waals surface area contributed by atoms with Crippen molar-refractivity contribution in [2.45, 2.75) is 4.90 Å². The molecular formula is C14H11N3OS. The minimum atomic E-state index is 0.639. The fraction of sp³-hybridized carbons (Fsp3) is 0. The maximum Gasteiger partial charge on any atom is 0.242 e. The molecular weight excluding hydrogens is 258 g/mol. The smallest absolute Gasteiger partial charge is 0.242 e. The van der Waals surface area contributed by atoms with Crippen LogP contribution in [-0.2, 0) is 0 Å². The maximum atomic E-state index is 5.24. The molecule has 3 rings (SSSR count). The molecule has 1 aromatic carbocycles. The molecule has 0 aliphatic heterocycles. The SMILES string of the molecule is c1ccc(-c2cnoc2NSc2cccnc2)cc1. The summed E-state index contributed by atoms with van der Waals surface area (Å²) in [5, 5.41) is 3.84. The first-order chi connectivity index (χ1) is 9.43. The van der Waals surface area contributed by atoms with Crippen LogP contribution in [0.4, 0.5) is 5.88 Å². The van der Waals surface area contributed by atoms with Gasteiger partial charge in [-0.3, -0.25) is 9.71 Å². The average Bonchev–Trinajstić information content (AvgIpc) is 2.95. The fourth-order valence-corrected chi connectivity index (χ4v) is 2.27. The summed E-state index contributed by atoms with van der Waals surface area (Å²) in [4.78, 5) is 5.07. The molecule has 5 heteroatoms. The van der Waals surface area contributed by atoms with Gasteiger partial charge in [0.25, 0.3) is 0 Å². The van der Waals surface area contributed by atoms with Crippen LogP contribution in [0, 0.1) is 0 Å². The van der Waals surface area contributed by atoms with Gasteiger partial charge in [-0.1, -0.05) is 35.5 Å². The molecule has 0 bridgehead atoms. The summed E-state index contributed by atoms with van der Waals surface area (Å²) in [5.41, 5.74) is 2.01. The Labute approximate surface area is 115 Å². The molecule has 1 N–H and O–H groups in total. The Morgan fingerprint density at radius 1 is 1.00 bits per heavy atom. The Hall–Kier alpha value is -2.27. The third-order valence-corrected chi connectivity index (χ3v) is 3.32. The van der Waals surface area contributed by atoms with E-state index < -0.39 is 0 Å². The maximum absolute atomic E-state index is 5.24. The van der Waals surface area contributed by atoms with Gasteiger partial charge in [0.05, 0.1) is 11.8 Å². The lowest BCUT2D eigenvalue weighted by atomic mass is 10.1. The molecule has 0 unspecified atom stereocenters. The Bertz CT molecular complexity index is 640. The van der Waals surface area contributed by atoms with Crippen molar-refractivity contribution in [2.75, 3.05) is 4.72 Å². The third-order valence-electron chi connectivity index (χ3n) is 2.55. The van der Waals surface area contributed by atoms with Gasteiger partial charge >= 0.3 is 0 Å². The molecule has 0 fully saturated rings. The molecule has 2 aromatic heterocycles. The van der Waals surface area contributed by atoms with Crippen LogP contribution in [0.5, 0.6) is 0 Å². The Morgan fingerprint density at radius 3 is 2.68 bits per heavy atom. The number of hydrogen-bond acceptors (Lipinski definition) is 5. The average molecular weight is 269 g/mol. The Kier molecular flexibility index (Phi) is 3.47.